The first-order valence-electron chi connectivity index (χ1n) is 9.97. The molecule has 0 rings (SSSR count). The highest BCUT2D eigenvalue weighted by Crippen LogP contribution is 2.44. The van der Waals surface area contributed by atoms with Crippen LogP contribution >= 0.6 is 0 Å². The second-order valence-corrected chi connectivity index (χ2v) is 10.7. The Hall–Kier alpha value is -0.610. The minimum absolute atomic E-state index is 0.0668. The molecule has 0 aliphatic carbocycles. The van der Waals surface area contributed by atoms with Crippen molar-refractivity contribution in [2.24, 2.45) is 16.7 Å². The second kappa shape index (κ2) is 9.05. The van der Waals surface area contributed by atoms with E-state index in [4.69, 9.17) is 9.47 Å². The molecular weight excluding hydrogens is 326 g/mol. The fraction of sp³-hybridized carbons (Fsp3) is 0.955. The highest BCUT2D eigenvalue weighted by Gasteiger charge is 2.45. The summed E-state index contributed by atoms with van der Waals surface area (Å²) in [7, 11) is 1.74. The summed E-state index contributed by atoms with van der Waals surface area (Å²) in [6.45, 7) is 23.9. The number of amides is 1. The summed E-state index contributed by atoms with van der Waals surface area (Å²) in [5.41, 5.74) is -1.20. The predicted octanol–water partition coefficient (Wildman–Crippen LogP) is 5.20. The van der Waals surface area contributed by atoms with Crippen molar-refractivity contribution in [3.8, 4) is 0 Å². The van der Waals surface area contributed by atoms with Crippen LogP contribution in [0.2, 0.25) is 0 Å². The molecule has 1 amide bonds. The van der Waals surface area contributed by atoms with Crippen LogP contribution in [0, 0.1) is 16.7 Å². The number of methoxy groups -OCH3 is 1. The van der Waals surface area contributed by atoms with Crippen LogP contribution in [0.5, 0.6) is 0 Å². The molecule has 0 spiro atoms. The van der Waals surface area contributed by atoms with Gasteiger partial charge in [-0.2, -0.15) is 0 Å². The Morgan fingerprint density at radius 2 is 1.46 bits per heavy atom. The van der Waals surface area contributed by atoms with Crippen LogP contribution in [0.15, 0.2) is 0 Å². The number of hydrogen-bond donors (Lipinski definition) is 1. The molecule has 1 N–H and O–H groups in total. The van der Waals surface area contributed by atoms with Crippen LogP contribution in [0.4, 0.5) is 0 Å². The standard InChI is InChI=1S/C22H45NO3/c1-16(2)14-23-18(24)19(4,5)15-20(6,7)22(10,11)26-17(3)13-21(8,9)25-12/h16-17H,13-15H2,1-12H3,(H,23,24). The predicted molar refractivity (Wildman–Crippen MR) is 110 cm³/mol. The van der Waals surface area contributed by atoms with Gasteiger partial charge in [-0.25, -0.2) is 0 Å². The van der Waals surface area contributed by atoms with Gasteiger partial charge >= 0.3 is 0 Å². The van der Waals surface area contributed by atoms with Crippen molar-refractivity contribution in [3.63, 3.8) is 0 Å². The van der Waals surface area contributed by atoms with Gasteiger partial charge in [0, 0.05) is 25.5 Å². The van der Waals surface area contributed by atoms with Crippen LogP contribution in [0.25, 0.3) is 0 Å². The van der Waals surface area contributed by atoms with Crippen molar-refractivity contribution in [3.05, 3.63) is 0 Å². The maximum Gasteiger partial charge on any atom is 0.225 e. The molecule has 0 aromatic rings. The number of nitrogens with one attached hydrogen (secondary N) is 1. The number of hydrogen-bond acceptors (Lipinski definition) is 3. The molecule has 1 atom stereocenters. The first kappa shape index (κ1) is 25.4. The molecule has 26 heavy (non-hydrogen) atoms. The molecule has 0 heterocycles. The average molecular weight is 372 g/mol. The maximum atomic E-state index is 12.7. The zero-order valence-corrected chi connectivity index (χ0v) is 19.5. The largest absolute Gasteiger partial charge is 0.379 e. The van der Waals surface area contributed by atoms with Crippen molar-refractivity contribution < 1.29 is 14.3 Å². The van der Waals surface area contributed by atoms with E-state index < -0.39 is 5.41 Å². The average Bonchev–Trinajstić information content (AvgIpc) is 2.41. The van der Waals surface area contributed by atoms with Crippen LogP contribution in [-0.4, -0.2) is 36.9 Å². The maximum absolute atomic E-state index is 12.7. The second-order valence-electron chi connectivity index (χ2n) is 10.7. The van der Waals surface area contributed by atoms with Gasteiger partial charge in [-0.15, -0.1) is 0 Å². The Balaban J connectivity index is 5.06. The molecule has 0 radical (unpaired) electrons. The van der Waals surface area contributed by atoms with E-state index in [2.05, 4.69) is 67.6 Å². The van der Waals surface area contributed by atoms with E-state index in [1.165, 1.54) is 0 Å². The lowest BCUT2D eigenvalue weighted by molar-refractivity contribution is -0.160. The molecule has 0 aromatic heterocycles. The molecular formula is C22H45NO3. The van der Waals surface area contributed by atoms with Crippen LogP contribution < -0.4 is 5.32 Å². The van der Waals surface area contributed by atoms with Crippen LogP contribution in [0.1, 0.15) is 89.0 Å². The fourth-order valence-electron chi connectivity index (χ4n) is 3.41. The summed E-state index contributed by atoms with van der Waals surface area (Å²) >= 11 is 0. The van der Waals surface area contributed by atoms with Gasteiger partial charge in [-0.05, 0) is 52.4 Å². The molecule has 0 saturated heterocycles. The molecule has 0 aliphatic rings. The smallest absolute Gasteiger partial charge is 0.225 e. The van der Waals surface area contributed by atoms with Gasteiger partial charge in [0.15, 0.2) is 0 Å². The Kier molecular flexibility index (Phi) is 8.84. The van der Waals surface area contributed by atoms with E-state index in [0.29, 0.717) is 12.5 Å². The lowest BCUT2D eigenvalue weighted by Crippen LogP contribution is -2.49. The van der Waals surface area contributed by atoms with Crippen molar-refractivity contribution in [2.75, 3.05) is 13.7 Å². The summed E-state index contributed by atoms with van der Waals surface area (Å²) < 4.78 is 12.0. The summed E-state index contributed by atoms with van der Waals surface area (Å²) in [6, 6.07) is 0. The van der Waals surface area contributed by atoms with Gasteiger partial charge < -0.3 is 14.8 Å². The molecule has 0 fully saturated rings. The zero-order valence-electron chi connectivity index (χ0n) is 19.5. The van der Waals surface area contributed by atoms with Gasteiger partial charge in [-0.1, -0.05) is 41.5 Å². The van der Waals surface area contributed by atoms with Gasteiger partial charge in [0.2, 0.25) is 5.91 Å². The lowest BCUT2D eigenvalue weighted by Gasteiger charge is -2.47. The quantitative estimate of drug-likeness (QED) is 0.543. The van der Waals surface area contributed by atoms with E-state index in [1.807, 2.05) is 13.8 Å². The third-order valence-electron chi connectivity index (χ3n) is 5.63. The Morgan fingerprint density at radius 1 is 0.962 bits per heavy atom. The van der Waals surface area contributed by atoms with Gasteiger partial charge in [0.1, 0.15) is 0 Å². The summed E-state index contributed by atoms with van der Waals surface area (Å²) in [4.78, 5) is 12.7. The normalized spacial score (nSPS) is 15.3. The summed E-state index contributed by atoms with van der Waals surface area (Å²) in [6.07, 6.45) is 1.63. The third kappa shape index (κ3) is 7.96. The van der Waals surface area contributed by atoms with E-state index in [9.17, 15) is 4.79 Å². The molecule has 156 valence electrons. The topological polar surface area (TPSA) is 47.6 Å². The number of carbonyl (C=O) groups excluding carboxylic acids is 1. The monoisotopic (exact) mass is 371 g/mol. The first-order chi connectivity index (χ1) is 11.5. The number of rotatable bonds is 11. The highest BCUT2D eigenvalue weighted by molar-refractivity contribution is 5.81. The van der Waals surface area contributed by atoms with E-state index in [1.54, 1.807) is 7.11 Å². The number of ether oxygens (including phenoxy) is 2. The summed E-state index contributed by atoms with van der Waals surface area (Å²) in [5.74, 6) is 0.566. The van der Waals surface area contributed by atoms with Crippen molar-refractivity contribution in [1.29, 1.82) is 0 Å². The van der Waals surface area contributed by atoms with Gasteiger partial charge in [0.25, 0.3) is 0 Å². The molecule has 4 heteroatoms. The molecule has 1 unspecified atom stereocenters. The fourth-order valence-corrected chi connectivity index (χ4v) is 3.41. The van der Waals surface area contributed by atoms with E-state index in [-0.39, 0.29) is 28.6 Å². The molecule has 0 bridgehead atoms. The Morgan fingerprint density at radius 3 is 1.88 bits per heavy atom. The van der Waals surface area contributed by atoms with E-state index >= 15 is 0 Å². The minimum atomic E-state index is -0.450. The lowest BCUT2D eigenvalue weighted by atomic mass is 9.66. The van der Waals surface area contributed by atoms with Crippen molar-refractivity contribution >= 4 is 5.91 Å². The van der Waals surface area contributed by atoms with Crippen LogP contribution in [0.3, 0.4) is 0 Å². The Labute approximate surface area is 162 Å². The molecule has 0 saturated carbocycles. The minimum Gasteiger partial charge on any atom is -0.379 e. The molecule has 0 aliphatic heterocycles. The highest BCUT2D eigenvalue weighted by atomic mass is 16.5. The molecule has 4 nitrogen and oxygen atoms in total. The van der Waals surface area contributed by atoms with Crippen molar-refractivity contribution in [2.45, 2.75) is 106 Å². The summed E-state index contributed by atoms with van der Waals surface area (Å²) in [5, 5.41) is 3.08. The van der Waals surface area contributed by atoms with Crippen LogP contribution in [-0.2, 0) is 14.3 Å². The number of carbonyl (C=O) groups is 1. The Bertz CT molecular complexity index is 450. The molecule has 0 aromatic carbocycles. The van der Waals surface area contributed by atoms with Gasteiger partial charge in [-0.3, -0.25) is 4.79 Å². The SMILES string of the molecule is COC(C)(C)CC(C)OC(C)(C)C(C)(C)CC(C)(C)C(=O)NCC(C)C. The van der Waals surface area contributed by atoms with E-state index in [0.717, 1.165) is 12.8 Å². The zero-order chi connectivity index (χ0) is 21.0. The first-order valence-corrected chi connectivity index (χ1v) is 9.97. The van der Waals surface area contributed by atoms with Gasteiger partial charge in [0.05, 0.1) is 17.3 Å². The third-order valence-corrected chi connectivity index (χ3v) is 5.63. The van der Waals surface area contributed by atoms with Crippen molar-refractivity contribution in [1.82, 2.24) is 5.32 Å².